The molecule has 0 aromatic heterocycles. The Labute approximate surface area is 31.3 Å². The number of rotatable bonds is 1. The van der Waals surface area contributed by atoms with Crippen molar-refractivity contribution in [3.63, 3.8) is 0 Å². The summed E-state index contributed by atoms with van der Waals surface area (Å²) in [4.78, 5) is 3.39. The second-order valence-electron chi connectivity index (χ2n) is 0.907. The summed E-state index contributed by atoms with van der Waals surface area (Å²) in [6.07, 6.45) is -0.421. The van der Waals surface area contributed by atoms with Crippen LogP contribution in [-0.4, -0.2) is 6.10 Å². The molecule has 0 aromatic carbocycles. The van der Waals surface area contributed by atoms with Gasteiger partial charge in [0.05, 0.1) is 6.10 Å². The number of hydrogen-bond acceptors (Lipinski definition) is 1. The van der Waals surface area contributed by atoms with Gasteiger partial charge in [-0.2, -0.15) is 0 Å². The van der Waals surface area contributed by atoms with Gasteiger partial charge in [-0.1, -0.05) is 0 Å². The van der Waals surface area contributed by atoms with Gasteiger partial charge in [0, 0.05) is 0 Å². The highest BCUT2D eigenvalue weighted by Crippen LogP contribution is 1.77. The van der Waals surface area contributed by atoms with Crippen molar-refractivity contribution in [3.8, 4) is 0 Å². The molecule has 1 unspecified atom stereocenters. The monoisotopic (exact) mass is 74.0 g/mol. The van der Waals surface area contributed by atoms with Crippen molar-refractivity contribution in [3.05, 3.63) is 6.92 Å². The quantitative estimate of drug-likeness (QED) is 0.330. The minimum absolute atomic E-state index is 0.421. The first kappa shape index (κ1) is 4.92. The molecule has 0 aliphatic rings. The van der Waals surface area contributed by atoms with E-state index in [4.69, 9.17) is 5.26 Å². The fourth-order valence-corrected chi connectivity index (χ4v) is 0. The van der Waals surface area contributed by atoms with Gasteiger partial charge < -0.3 is 0 Å². The van der Waals surface area contributed by atoms with Crippen LogP contribution in [0.3, 0.4) is 0 Å². The fourth-order valence-electron chi connectivity index (χ4n) is 0. The Bertz CT molecular complexity index is 18.9. The molecule has 0 fully saturated rings. The Morgan fingerprint density at radius 1 is 2.00 bits per heavy atom. The first-order valence-corrected chi connectivity index (χ1v) is 1.39. The SMILES string of the molecule is [CH2]C(C)O[O]. The van der Waals surface area contributed by atoms with Gasteiger partial charge in [0.25, 0.3) is 0 Å². The first-order valence-electron chi connectivity index (χ1n) is 1.39. The van der Waals surface area contributed by atoms with E-state index in [0.29, 0.717) is 0 Å². The first-order chi connectivity index (χ1) is 2.27. The van der Waals surface area contributed by atoms with Crippen molar-refractivity contribution in [1.82, 2.24) is 0 Å². The zero-order chi connectivity index (χ0) is 4.28. The fraction of sp³-hybridized carbons (Fsp3) is 0.667. The summed E-state index contributed by atoms with van der Waals surface area (Å²) < 4.78 is 0. The topological polar surface area (TPSA) is 29.1 Å². The van der Waals surface area contributed by atoms with Gasteiger partial charge >= 0.3 is 0 Å². The summed E-state index contributed by atoms with van der Waals surface area (Å²) in [5, 5.41) is 9.07. The predicted octanol–water partition coefficient (Wildman–Crippen LogP) is 0.571. The maximum atomic E-state index is 9.07. The van der Waals surface area contributed by atoms with Crippen LogP contribution in [0.5, 0.6) is 0 Å². The number of hydrogen-bond donors (Lipinski definition) is 0. The summed E-state index contributed by atoms with van der Waals surface area (Å²) in [6, 6.07) is 0. The minimum atomic E-state index is -0.421. The molecule has 1 atom stereocenters. The van der Waals surface area contributed by atoms with E-state index in [0.717, 1.165) is 0 Å². The molecule has 30 valence electrons. The van der Waals surface area contributed by atoms with Gasteiger partial charge in [0.1, 0.15) is 0 Å². The van der Waals surface area contributed by atoms with Gasteiger partial charge in [-0.05, 0) is 19.1 Å². The van der Waals surface area contributed by atoms with E-state index < -0.39 is 6.10 Å². The molecule has 0 amide bonds. The van der Waals surface area contributed by atoms with E-state index in [1.807, 2.05) is 0 Å². The van der Waals surface area contributed by atoms with Crippen LogP contribution >= 0.6 is 0 Å². The van der Waals surface area contributed by atoms with E-state index in [1.165, 1.54) is 0 Å². The Morgan fingerprint density at radius 3 is 2.20 bits per heavy atom. The molecule has 0 N–H and O–H groups in total. The lowest BCUT2D eigenvalue weighted by Gasteiger charge is -1.87. The van der Waals surface area contributed by atoms with Crippen molar-refractivity contribution >= 4 is 0 Å². The van der Waals surface area contributed by atoms with Crippen LogP contribution in [0.15, 0.2) is 0 Å². The molecule has 2 nitrogen and oxygen atoms in total. The average molecular weight is 74.1 g/mol. The summed E-state index contributed by atoms with van der Waals surface area (Å²) in [5.41, 5.74) is 0. The van der Waals surface area contributed by atoms with Crippen molar-refractivity contribution in [2.45, 2.75) is 13.0 Å². The molecule has 0 aromatic rings. The average Bonchev–Trinajstić information content (AvgIpc) is 1.38. The maximum absolute atomic E-state index is 9.07. The molecule has 0 aliphatic heterocycles. The largest absolute Gasteiger partial charge is 0.201 e. The predicted molar refractivity (Wildman–Crippen MR) is 16.6 cm³/mol. The molecule has 0 rings (SSSR count). The van der Waals surface area contributed by atoms with Gasteiger partial charge in [-0.3, -0.25) is 0 Å². The zero-order valence-electron chi connectivity index (χ0n) is 3.10. The third-order valence-electron chi connectivity index (χ3n) is 0.164. The Morgan fingerprint density at radius 2 is 2.20 bits per heavy atom. The Balaban J connectivity index is 2.54. The van der Waals surface area contributed by atoms with Crippen LogP contribution in [0.1, 0.15) is 6.92 Å². The lowest BCUT2D eigenvalue weighted by Crippen LogP contribution is -1.94. The summed E-state index contributed by atoms with van der Waals surface area (Å²) in [5.74, 6) is 0. The highest BCUT2D eigenvalue weighted by Gasteiger charge is 1.84. The summed E-state index contributed by atoms with van der Waals surface area (Å²) >= 11 is 0. The van der Waals surface area contributed by atoms with E-state index in [-0.39, 0.29) is 0 Å². The van der Waals surface area contributed by atoms with E-state index in [1.54, 1.807) is 6.92 Å². The molecular weight excluding hydrogens is 68.0 g/mol. The third kappa shape index (κ3) is 3.92. The van der Waals surface area contributed by atoms with Crippen LogP contribution in [0.4, 0.5) is 0 Å². The molecule has 0 spiro atoms. The van der Waals surface area contributed by atoms with Crippen LogP contribution in [0, 0.1) is 6.92 Å². The molecule has 0 saturated heterocycles. The van der Waals surface area contributed by atoms with Crippen molar-refractivity contribution in [1.29, 1.82) is 0 Å². The van der Waals surface area contributed by atoms with Crippen LogP contribution in [0.2, 0.25) is 0 Å². The van der Waals surface area contributed by atoms with Gasteiger partial charge in [0.15, 0.2) is 0 Å². The normalized spacial score (nSPS) is 9.60. The third-order valence-corrected chi connectivity index (χ3v) is 0.164. The van der Waals surface area contributed by atoms with E-state index in [2.05, 4.69) is 11.8 Å². The van der Waals surface area contributed by atoms with E-state index in [9.17, 15) is 0 Å². The molecule has 0 aliphatic carbocycles. The molecule has 2 radical (unpaired) electrons. The van der Waals surface area contributed by atoms with Gasteiger partial charge in [0.2, 0.25) is 0 Å². The minimum Gasteiger partial charge on any atom is -0.201 e. The second kappa shape index (κ2) is 2.18. The van der Waals surface area contributed by atoms with Crippen molar-refractivity contribution in [2.24, 2.45) is 0 Å². The Kier molecular flexibility index (Phi) is 2.14. The standard InChI is InChI=1S/C3H6O2/c1-3(2)5-4/h3H,1H2,2H3. The maximum Gasteiger partial charge on any atom is 0.0935 e. The Hall–Kier alpha value is -0.0800. The molecule has 0 bridgehead atoms. The van der Waals surface area contributed by atoms with Gasteiger partial charge in [-0.15, -0.1) is 0 Å². The lowest BCUT2D eigenvalue weighted by atomic mass is 10.5. The van der Waals surface area contributed by atoms with Crippen LogP contribution < -0.4 is 0 Å². The van der Waals surface area contributed by atoms with Crippen LogP contribution in [0.25, 0.3) is 0 Å². The van der Waals surface area contributed by atoms with Gasteiger partial charge in [-0.25, -0.2) is 4.89 Å². The molecule has 0 heterocycles. The van der Waals surface area contributed by atoms with Crippen LogP contribution in [-0.2, 0) is 10.1 Å². The second-order valence-corrected chi connectivity index (χ2v) is 0.907. The van der Waals surface area contributed by atoms with Crippen molar-refractivity contribution in [2.75, 3.05) is 0 Å². The van der Waals surface area contributed by atoms with Crippen molar-refractivity contribution < 1.29 is 10.1 Å². The summed E-state index contributed by atoms with van der Waals surface area (Å²) in [7, 11) is 0. The molecular formula is C3H6O2. The zero-order valence-corrected chi connectivity index (χ0v) is 3.10. The molecule has 5 heavy (non-hydrogen) atoms. The molecule has 2 heteroatoms. The highest BCUT2D eigenvalue weighted by atomic mass is 17.1. The smallest absolute Gasteiger partial charge is 0.0935 e. The van der Waals surface area contributed by atoms with E-state index >= 15 is 0 Å². The highest BCUT2D eigenvalue weighted by molar-refractivity contribution is 4.42. The summed E-state index contributed by atoms with van der Waals surface area (Å²) in [6.45, 7) is 4.80. The molecule has 0 saturated carbocycles. The lowest BCUT2D eigenvalue weighted by molar-refractivity contribution is -0.321.